The summed E-state index contributed by atoms with van der Waals surface area (Å²) in [5.41, 5.74) is 3.17. The molecule has 0 bridgehead atoms. The number of anilines is 1. The van der Waals surface area contributed by atoms with Gasteiger partial charge in [0.15, 0.2) is 0 Å². The van der Waals surface area contributed by atoms with Gasteiger partial charge in [-0.2, -0.15) is 8.78 Å². The van der Waals surface area contributed by atoms with E-state index in [-0.39, 0.29) is 23.9 Å². The molecule has 45 heavy (non-hydrogen) atoms. The first-order valence-corrected chi connectivity index (χ1v) is 14.2. The van der Waals surface area contributed by atoms with Crippen molar-refractivity contribution < 1.29 is 33.3 Å². The summed E-state index contributed by atoms with van der Waals surface area (Å²) in [6.07, 6.45) is 0.520. The Morgan fingerprint density at radius 3 is 2.51 bits per heavy atom. The number of aromatic nitrogens is 4. The quantitative estimate of drug-likeness (QED) is 0.254. The highest BCUT2D eigenvalue weighted by Crippen LogP contribution is 2.27. The second kappa shape index (κ2) is 12.9. The fourth-order valence-electron chi connectivity index (χ4n) is 5.51. The highest BCUT2D eigenvalue weighted by atomic mass is 19.3. The summed E-state index contributed by atoms with van der Waals surface area (Å²) >= 11 is 0. The number of nitrogens with one attached hydrogen (secondary N) is 1. The molecule has 1 fully saturated rings. The molecule has 0 saturated carbocycles. The minimum atomic E-state index is -2.98. The molecule has 2 aromatic carbocycles. The standard InChI is InChI=1S/C30H33F2N7O6/c1-17-4-7-25(45-28(31)32)20(10-17)16-39-23-11-19(5-6-22(23)26(41)36(39)3)21-12-33-29(34-13-21)37-8-9-38(18(2)15-37)27(42)24(40)14-35-30(43)44/h4-7,10-13,18,24,28,35,40H,8-9,14-16H2,1-3H3,(H,43,44)/t18-,24?/m1/s1. The molecule has 238 valence electrons. The number of carboxylic acid groups (broad SMARTS) is 1. The Bertz CT molecular complexity index is 1780. The van der Waals surface area contributed by atoms with Gasteiger partial charge in [-0.3, -0.25) is 19.0 Å². The van der Waals surface area contributed by atoms with E-state index in [9.17, 15) is 28.3 Å². The highest BCUT2D eigenvalue weighted by Gasteiger charge is 2.32. The lowest BCUT2D eigenvalue weighted by molar-refractivity contribution is -0.142. The summed E-state index contributed by atoms with van der Waals surface area (Å²) < 4.78 is 34.0. The third kappa shape index (κ3) is 6.72. The largest absolute Gasteiger partial charge is 0.465 e. The number of rotatable bonds is 9. The molecule has 3 N–H and O–H groups in total. The van der Waals surface area contributed by atoms with Gasteiger partial charge in [0.05, 0.1) is 24.0 Å². The van der Waals surface area contributed by atoms with Crippen LogP contribution in [0.3, 0.4) is 0 Å². The third-order valence-corrected chi connectivity index (χ3v) is 7.81. The Kier molecular flexibility index (Phi) is 8.99. The molecule has 2 atom stereocenters. The lowest BCUT2D eigenvalue weighted by Gasteiger charge is -2.40. The number of fused-ring (bicyclic) bond motifs is 1. The first kappa shape index (κ1) is 31.4. The zero-order valence-electron chi connectivity index (χ0n) is 24.9. The van der Waals surface area contributed by atoms with Crippen LogP contribution in [-0.2, 0) is 18.4 Å². The average Bonchev–Trinajstić information content (AvgIpc) is 3.24. The van der Waals surface area contributed by atoms with Gasteiger partial charge in [0.1, 0.15) is 11.9 Å². The number of aryl methyl sites for hydroxylation is 1. The van der Waals surface area contributed by atoms with Crippen LogP contribution in [0, 0.1) is 6.92 Å². The molecule has 0 aliphatic carbocycles. The van der Waals surface area contributed by atoms with Gasteiger partial charge in [-0.05, 0) is 37.6 Å². The number of amides is 2. The number of benzene rings is 2. The van der Waals surface area contributed by atoms with Crippen molar-refractivity contribution in [1.29, 1.82) is 0 Å². The van der Waals surface area contributed by atoms with Crippen molar-refractivity contribution in [3.05, 3.63) is 70.3 Å². The molecule has 13 nitrogen and oxygen atoms in total. The Morgan fingerprint density at radius 2 is 1.84 bits per heavy atom. The number of ether oxygens (including phenoxy) is 1. The zero-order chi connectivity index (χ0) is 32.4. The molecule has 1 unspecified atom stereocenters. The normalized spacial score (nSPS) is 15.8. The van der Waals surface area contributed by atoms with Gasteiger partial charge in [0.2, 0.25) is 5.95 Å². The molecular weight excluding hydrogens is 592 g/mol. The summed E-state index contributed by atoms with van der Waals surface area (Å²) in [6.45, 7) is 1.52. The maximum absolute atomic E-state index is 13.1. The number of alkyl halides is 2. The van der Waals surface area contributed by atoms with Crippen molar-refractivity contribution in [3.8, 4) is 16.9 Å². The minimum absolute atomic E-state index is 0.0379. The van der Waals surface area contributed by atoms with Crippen LogP contribution in [0.25, 0.3) is 22.0 Å². The lowest BCUT2D eigenvalue weighted by atomic mass is 10.1. The molecule has 1 saturated heterocycles. The number of hydrogen-bond acceptors (Lipinski definition) is 8. The summed E-state index contributed by atoms with van der Waals surface area (Å²) in [5.74, 6) is -0.0625. The number of aliphatic hydroxyl groups is 1. The Balaban J connectivity index is 1.34. The summed E-state index contributed by atoms with van der Waals surface area (Å²) in [6, 6.07) is 9.97. The third-order valence-electron chi connectivity index (χ3n) is 7.81. The molecule has 15 heteroatoms. The molecule has 2 aromatic heterocycles. The lowest BCUT2D eigenvalue weighted by Crippen LogP contribution is -2.57. The van der Waals surface area contributed by atoms with Gasteiger partial charge in [-0.15, -0.1) is 0 Å². The topological polar surface area (TPSA) is 155 Å². The highest BCUT2D eigenvalue weighted by molar-refractivity contribution is 5.84. The molecule has 2 amide bonds. The molecule has 0 spiro atoms. The van der Waals surface area contributed by atoms with Crippen molar-refractivity contribution in [1.82, 2.24) is 29.5 Å². The van der Waals surface area contributed by atoms with E-state index < -0.39 is 31.3 Å². The smallest absolute Gasteiger partial charge is 0.404 e. The zero-order valence-corrected chi connectivity index (χ0v) is 24.9. The molecule has 4 aromatic rings. The van der Waals surface area contributed by atoms with Crippen LogP contribution in [0.5, 0.6) is 5.75 Å². The second-order valence-electron chi connectivity index (χ2n) is 10.9. The van der Waals surface area contributed by atoms with Crippen LogP contribution < -0.4 is 20.5 Å². The van der Waals surface area contributed by atoms with E-state index in [1.165, 1.54) is 15.6 Å². The number of halogens is 2. The number of aliphatic hydroxyl groups excluding tert-OH is 1. The number of hydrogen-bond donors (Lipinski definition) is 3. The molecular formula is C30H33F2N7O6. The summed E-state index contributed by atoms with van der Waals surface area (Å²) in [5, 5.41) is 21.3. The summed E-state index contributed by atoms with van der Waals surface area (Å²) in [4.78, 5) is 48.8. The number of carbonyl (C=O) groups is 2. The van der Waals surface area contributed by atoms with Crippen LogP contribution in [0.15, 0.2) is 53.6 Å². The first-order valence-electron chi connectivity index (χ1n) is 14.2. The van der Waals surface area contributed by atoms with Gasteiger partial charge in [0.25, 0.3) is 11.5 Å². The van der Waals surface area contributed by atoms with Crippen LogP contribution in [0.2, 0.25) is 0 Å². The van der Waals surface area contributed by atoms with Crippen LogP contribution in [0.1, 0.15) is 18.1 Å². The van der Waals surface area contributed by atoms with Gasteiger partial charge in [0, 0.05) is 56.2 Å². The predicted molar refractivity (Wildman–Crippen MR) is 161 cm³/mol. The van der Waals surface area contributed by atoms with Crippen LogP contribution in [-0.4, -0.2) is 91.4 Å². The van der Waals surface area contributed by atoms with E-state index in [4.69, 9.17) is 9.84 Å². The van der Waals surface area contributed by atoms with Crippen LogP contribution in [0.4, 0.5) is 19.5 Å². The Morgan fingerprint density at radius 1 is 1.11 bits per heavy atom. The monoisotopic (exact) mass is 625 g/mol. The van der Waals surface area contributed by atoms with E-state index in [1.54, 1.807) is 48.4 Å². The van der Waals surface area contributed by atoms with Crippen molar-refractivity contribution in [2.75, 3.05) is 31.1 Å². The molecule has 5 rings (SSSR count). The van der Waals surface area contributed by atoms with Gasteiger partial charge >= 0.3 is 12.7 Å². The molecule has 1 aliphatic rings. The summed E-state index contributed by atoms with van der Waals surface area (Å²) in [7, 11) is 1.62. The van der Waals surface area contributed by atoms with Gasteiger partial charge in [-0.1, -0.05) is 23.8 Å². The molecule has 3 heterocycles. The van der Waals surface area contributed by atoms with E-state index >= 15 is 0 Å². The van der Waals surface area contributed by atoms with Crippen molar-refractivity contribution in [3.63, 3.8) is 0 Å². The maximum atomic E-state index is 13.1. The van der Waals surface area contributed by atoms with Gasteiger partial charge in [-0.25, -0.2) is 14.8 Å². The average molecular weight is 626 g/mol. The fraction of sp³-hybridized carbons (Fsp3) is 0.367. The van der Waals surface area contributed by atoms with E-state index in [0.717, 1.165) is 11.1 Å². The van der Waals surface area contributed by atoms with Gasteiger partial charge < -0.3 is 30.1 Å². The number of nitrogens with zero attached hydrogens (tertiary/aromatic N) is 6. The second-order valence-corrected chi connectivity index (χ2v) is 10.9. The van der Waals surface area contributed by atoms with E-state index in [1.807, 2.05) is 30.1 Å². The van der Waals surface area contributed by atoms with E-state index in [2.05, 4.69) is 9.97 Å². The number of piperazine rings is 1. The van der Waals surface area contributed by atoms with E-state index in [0.29, 0.717) is 47.6 Å². The minimum Gasteiger partial charge on any atom is -0.465 e. The Hall–Kier alpha value is -5.05. The molecule has 0 radical (unpaired) electrons. The van der Waals surface area contributed by atoms with Crippen molar-refractivity contribution in [2.24, 2.45) is 7.05 Å². The fourth-order valence-corrected chi connectivity index (χ4v) is 5.51. The predicted octanol–water partition coefficient (Wildman–Crippen LogP) is 2.42. The number of carbonyl (C=O) groups excluding carboxylic acids is 1. The first-order chi connectivity index (χ1) is 21.4. The van der Waals surface area contributed by atoms with Crippen molar-refractivity contribution in [2.45, 2.75) is 39.1 Å². The van der Waals surface area contributed by atoms with Crippen molar-refractivity contribution >= 4 is 28.9 Å². The Labute approximate surface area is 256 Å². The van der Waals surface area contributed by atoms with Crippen LogP contribution >= 0.6 is 0 Å². The molecule has 1 aliphatic heterocycles. The SMILES string of the molecule is Cc1ccc(OC(F)F)c(Cn2c3cc(-c4cnc(N5CCN(C(=O)C(O)CNC(=O)O)[C@H](C)C5)nc4)ccc3c(=O)n2C)c1. The maximum Gasteiger partial charge on any atom is 0.404 e.